The number of aromatic nitrogens is 4. The second-order valence-corrected chi connectivity index (χ2v) is 5.99. The van der Waals surface area contributed by atoms with Gasteiger partial charge in [0.15, 0.2) is 11.5 Å². The Morgan fingerprint density at radius 3 is 3.10 bits per heavy atom. The van der Waals surface area contributed by atoms with Crippen molar-refractivity contribution in [2.24, 2.45) is 0 Å². The Kier molecular flexibility index (Phi) is 3.64. The molecule has 1 fully saturated rings. The Labute approximate surface area is 119 Å². The highest BCUT2D eigenvalue weighted by Gasteiger charge is 2.29. The van der Waals surface area contributed by atoms with Gasteiger partial charge < -0.3 is 25.4 Å². The van der Waals surface area contributed by atoms with E-state index in [1.54, 1.807) is 10.9 Å². The van der Waals surface area contributed by atoms with Gasteiger partial charge in [0.2, 0.25) is 7.75 Å². The number of fused-ring (bicyclic) bond motifs is 1. The summed E-state index contributed by atoms with van der Waals surface area (Å²) in [7, 11) is -4.23. The van der Waals surface area contributed by atoms with E-state index in [4.69, 9.17) is 20.9 Å². The first kappa shape index (κ1) is 14.4. The molecule has 0 amide bonds. The van der Waals surface area contributed by atoms with E-state index < -0.39 is 7.75 Å². The molecular formula is C10H14N6O4P-. The van der Waals surface area contributed by atoms with Crippen LogP contribution in [0.5, 0.6) is 0 Å². The van der Waals surface area contributed by atoms with Gasteiger partial charge in [0, 0.05) is 0 Å². The lowest BCUT2D eigenvalue weighted by Crippen LogP contribution is -2.15. The van der Waals surface area contributed by atoms with Crippen molar-refractivity contribution in [1.82, 2.24) is 19.5 Å². The first-order valence-electron chi connectivity index (χ1n) is 6.25. The molecule has 21 heavy (non-hydrogen) atoms. The molecule has 0 radical (unpaired) electrons. The van der Waals surface area contributed by atoms with Gasteiger partial charge in [-0.25, -0.2) is 15.0 Å². The Morgan fingerprint density at radius 2 is 2.33 bits per heavy atom. The fourth-order valence-corrected chi connectivity index (χ4v) is 2.65. The number of anilines is 1. The highest BCUT2D eigenvalue weighted by Crippen LogP contribution is 2.42. The molecule has 0 aromatic carbocycles. The summed E-state index contributed by atoms with van der Waals surface area (Å²) in [6.07, 6.45) is 3.60. The van der Waals surface area contributed by atoms with Crippen LogP contribution in [0.4, 0.5) is 5.82 Å². The lowest BCUT2D eigenvalue weighted by Gasteiger charge is -2.18. The predicted molar refractivity (Wildman–Crippen MR) is 73.0 cm³/mol. The summed E-state index contributed by atoms with van der Waals surface area (Å²) >= 11 is 0. The molecule has 3 atom stereocenters. The van der Waals surface area contributed by atoms with E-state index in [0.717, 1.165) is 0 Å². The molecule has 1 unspecified atom stereocenters. The highest BCUT2D eigenvalue weighted by molar-refractivity contribution is 7.54. The summed E-state index contributed by atoms with van der Waals surface area (Å²) < 4.78 is 22.8. The number of nitrogens with two attached hydrogens (primary N) is 1. The number of hydrogen-bond acceptors (Lipinski definition) is 7. The van der Waals surface area contributed by atoms with Crippen molar-refractivity contribution in [2.45, 2.75) is 25.2 Å². The van der Waals surface area contributed by atoms with Gasteiger partial charge in [0.25, 0.3) is 0 Å². The Morgan fingerprint density at radius 1 is 1.52 bits per heavy atom. The lowest BCUT2D eigenvalue weighted by atomic mass is 10.2. The first-order chi connectivity index (χ1) is 9.94. The molecule has 1 saturated heterocycles. The standard InChI is InChI=1S/C10H14N6O4P/c11-9-8-10(14-4-13-9)16(5-15-8)7-2-1-6(20-7)3-19-21(12,17)18/h4-7H,1-3H2,(H4-,11,12,13,14,17,18)/q-1/t6-,7+/m0/s1. The van der Waals surface area contributed by atoms with E-state index in [1.807, 2.05) is 0 Å². The fraction of sp³-hybridized carbons (Fsp3) is 0.500. The first-order valence-corrected chi connectivity index (χ1v) is 7.83. The molecule has 10 nitrogen and oxygen atoms in total. The maximum absolute atomic E-state index is 10.8. The number of imidazole rings is 1. The second kappa shape index (κ2) is 5.32. The van der Waals surface area contributed by atoms with Crippen LogP contribution in [0, 0.1) is 0 Å². The van der Waals surface area contributed by atoms with Crippen molar-refractivity contribution < 1.29 is 18.7 Å². The van der Waals surface area contributed by atoms with Gasteiger partial charge in [-0.05, 0) is 12.8 Å². The van der Waals surface area contributed by atoms with Gasteiger partial charge in [-0.1, -0.05) is 0 Å². The van der Waals surface area contributed by atoms with Crippen molar-refractivity contribution in [3.05, 3.63) is 18.2 Å². The maximum atomic E-state index is 10.8. The molecule has 0 bridgehead atoms. The van der Waals surface area contributed by atoms with E-state index >= 15 is 0 Å². The molecule has 3 heterocycles. The topological polar surface area (TPSA) is 149 Å². The number of nitrogen functional groups attached to an aromatic ring is 1. The summed E-state index contributed by atoms with van der Waals surface area (Å²) in [6, 6.07) is 0. The maximum Gasteiger partial charge on any atom is 0.237 e. The van der Waals surface area contributed by atoms with E-state index in [0.29, 0.717) is 29.8 Å². The monoisotopic (exact) mass is 313 g/mol. The van der Waals surface area contributed by atoms with Crippen LogP contribution in [0.3, 0.4) is 0 Å². The van der Waals surface area contributed by atoms with E-state index in [2.05, 4.69) is 19.5 Å². The Bertz CT molecular complexity index is 700. The van der Waals surface area contributed by atoms with Crippen LogP contribution in [-0.2, 0) is 13.8 Å². The third-order valence-corrected chi connectivity index (χ3v) is 3.72. The largest absolute Gasteiger partial charge is 0.571 e. The zero-order valence-electron chi connectivity index (χ0n) is 10.9. The highest BCUT2D eigenvalue weighted by atomic mass is 31.2. The van der Waals surface area contributed by atoms with Gasteiger partial charge in [-0.15, -0.1) is 0 Å². The van der Waals surface area contributed by atoms with Crippen molar-refractivity contribution >= 4 is 24.7 Å². The number of hydrogen-bond donors (Lipinski definition) is 2. The normalized spacial score (nSPS) is 25.2. The quantitative estimate of drug-likeness (QED) is 0.801. The summed E-state index contributed by atoms with van der Waals surface area (Å²) in [6.45, 7) is -0.0997. The number of nitrogens with one attached hydrogen (secondary N) is 1. The molecule has 11 heteroatoms. The van der Waals surface area contributed by atoms with Gasteiger partial charge in [-0.2, -0.15) is 0 Å². The van der Waals surface area contributed by atoms with Gasteiger partial charge in [0.1, 0.15) is 18.1 Å². The van der Waals surface area contributed by atoms with Crippen LogP contribution in [0.2, 0.25) is 0 Å². The molecule has 1 aliphatic rings. The zero-order chi connectivity index (χ0) is 15.0. The average molecular weight is 313 g/mol. The minimum absolute atomic E-state index is 0.0997. The molecule has 2 aromatic rings. The van der Waals surface area contributed by atoms with Crippen LogP contribution in [0.15, 0.2) is 12.7 Å². The third-order valence-electron chi connectivity index (χ3n) is 3.22. The SMILES string of the molecule is [NH-]P(=O)(O)OC[C@@H]1CC[C@H](n2cnc3c(N)ncnc32)O1. The molecule has 1 aliphatic heterocycles. The minimum Gasteiger partial charge on any atom is -0.571 e. The van der Waals surface area contributed by atoms with Crippen molar-refractivity contribution in [3.63, 3.8) is 0 Å². The second-order valence-electron chi connectivity index (χ2n) is 4.69. The van der Waals surface area contributed by atoms with Crippen LogP contribution in [0.25, 0.3) is 16.7 Å². The van der Waals surface area contributed by atoms with E-state index in [1.165, 1.54) is 6.33 Å². The Hall–Kier alpha value is -1.58. The Balaban J connectivity index is 1.73. The summed E-state index contributed by atoms with van der Waals surface area (Å²) in [4.78, 5) is 21.0. The van der Waals surface area contributed by atoms with Crippen molar-refractivity contribution in [1.29, 1.82) is 0 Å². The molecule has 3 rings (SSSR count). The number of ether oxygens (including phenoxy) is 1. The number of rotatable bonds is 4. The molecular weight excluding hydrogens is 299 g/mol. The minimum atomic E-state index is -4.23. The summed E-state index contributed by atoms with van der Waals surface area (Å²) in [5.74, 6) is 0.298. The summed E-state index contributed by atoms with van der Waals surface area (Å²) in [5.41, 5.74) is 13.6. The molecule has 2 aromatic heterocycles. The molecule has 4 N–H and O–H groups in total. The molecule has 0 aliphatic carbocycles. The zero-order valence-corrected chi connectivity index (χ0v) is 11.8. The van der Waals surface area contributed by atoms with E-state index in [9.17, 15) is 4.57 Å². The lowest BCUT2D eigenvalue weighted by molar-refractivity contribution is -0.0170. The van der Waals surface area contributed by atoms with Gasteiger partial charge in [0.05, 0.1) is 19.0 Å². The van der Waals surface area contributed by atoms with Gasteiger partial charge >= 0.3 is 0 Å². The number of nitrogens with zero attached hydrogens (tertiary/aromatic N) is 4. The summed E-state index contributed by atoms with van der Waals surface area (Å²) in [5, 5.41) is 0. The third kappa shape index (κ3) is 3.04. The molecule has 0 saturated carbocycles. The van der Waals surface area contributed by atoms with Crippen molar-refractivity contribution in [2.75, 3.05) is 12.3 Å². The molecule has 114 valence electrons. The smallest absolute Gasteiger partial charge is 0.237 e. The van der Waals surface area contributed by atoms with Crippen LogP contribution >= 0.6 is 7.75 Å². The van der Waals surface area contributed by atoms with E-state index in [-0.39, 0.29) is 18.9 Å². The average Bonchev–Trinajstić information content (AvgIpc) is 3.02. The van der Waals surface area contributed by atoms with Crippen LogP contribution in [0.1, 0.15) is 19.1 Å². The van der Waals surface area contributed by atoms with Gasteiger partial charge in [-0.3, -0.25) is 9.13 Å². The van der Waals surface area contributed by atoms with Crippen molar-refractivity contribution in [3.8, 4) is 0 Å². The van der Waals surface area contributed by atoms with Crippen LogP contribution in [-0.4, -0.2) is 37.1 Å². The predicted octanol–water partition coefficient (Wildman–Crippen LogP) is 1.26. The fourth-order valence-electron chi connectivity index (χ4n) is 2.28. The molecule has 0 spiro atoms. The van der Waals surface area contributed by atoms with Crippen LogP contribution < -0.4 is 5.73 Å².